The highest BCUT2D eigenvalue weighted by molar-refractivity contribution is 7.21. The second kappa shape index (κ2) is 11.3. The first-order valence-corrected chi connectivity index (χ1v) is 13.1. The molecule has 210 valence electrons. The number of carbonyl (C=O) groups is 2. The minimum absolute atomic E-state index is 0.0560. The average molecular weight is 578 g/mol. The lowest BCUT2D eigenvalue weighted by molar-refractivity contribution is 0.0379. The number of hydrogen-bond acceptors (Lipinski definition) is 11. The van der Waals surface area contributed by atoms with E-state index in [9.17, 15) is 14.0 Å². The van der Waals surface area contributed by atoms with Crippen LogP contribution in [0.4, 0.5) is 14.9 Å². The molecule has 2 atom stereocenters. The number of carbonyl (C=O) groups excluding carboxylic acids is 2. The van der Waals surface area contributed by atoms with Gasteiger partial charge in [-0.25, -0.2) is 29.1 Å². The van der Waals surface area contributed by atoms with Crippen LogP contribution in [0.3, 0.4) is 0 Å². The van der Waals surface area contributed by atoms with E-state index in [1.807, 2.05) is 19.1 Å². The molecule has 0 fully saturated rings. The van der Waals surface area contributed by atoms with Crippen molar-refractivity contribution in [3.63, 3.8) is 0 Å². The summed E-state index contributed by atoms with van der Waals surface area (Å²) in [4.78, 5) is 45.6. The molecule has 0 aliphatic rings. The number of aromatic nitrogens is 5. The summed E-state index contributed by atoms with van der Waals surface area (Å²) in [7, 11) is 1.52. The van der Waals surface area contributed by atoms with Crippen LogP contribution >= 0.6 is 11.3 Å². The molecule has 5 rings (SSSR count). The van der Waals surface area contributed by atoms with Gasteiger partial charge in [0, 0.05) is 11.6 Å². The van der Waals surface area contributed by atoms with Crippen LogP contribution in [0.25, 0.3) is 32.0 Å². The molecule has 4 heterocycles. The van der Waals surface area contributed by atoms with E-state index in [1.165, 1.54) is 49.0 Å². The van der Waals surface area contributed by atoms with E-state index in [4.69, 9.17) is 19.9 Å². The Morgan fingerprint density at radius 1 is 1.02 bits per heavy atom. The van der Waals surface area contributed by atoms with Crippen LogP contribution in [0.5, 0.6) is 11.8 Å². The number of fused-ring (bicyclic) bond motifs is 2. The van der Waals surface area contributed by atoms with Crippen LogP contribution in [-0.2, 0) is 4.74 Å². The van der Waals surface area contributed by atoms with E-state index in [2.05, 4.69) is 30.2 Å². The number of rotatable bonds is 8. The number of nitrogens with zero attached hydrogens (tertiary/aromatic N) is 5. The molecule has 3 N–H and O–H groups in total. The van der Waals surface area contributed by atoms with Crippen LogP contribution in [-0.4, -0.2) is 56.2 Å². The van der Waals surface area contributed by atoms with Gasteiger partial charge in [-0.15, -0.1) is 0 Å². The largest absolute Gasteiger partial charge is 0.480 e. The zero-order valence-corrected chi connectivity index (χ0v) is 23.2. The number of hydrogen-bond donors (Lipinski definition) is 2. The number of benzene rings is 1. The number of nitrogens with one attached hydrogen (secondary N) is 1. The van der Waals surface area contributed by atoms with Crippen molar-refractivity contribution in [1.82, 2.24) is 24.9 Å². The first kappa shape index (κ1) is 27.6. The van der Waals surface area contributed by atoms with Gasteiger partial charge in [-0.05, 0) is 50.6 Å². The van der Waals surface area contributed by atoms with E-state index >= 15 is 0 Å². The number of halogens is 1. The predicted molar refractivity (Wildman–Crippen MR) is 150 cm³/mol. The fourth-order valence-corrected chi connectivity index (χ4v) is 4.76. The number of aryl methyl sites for hydroxylation is 1. The molecule has 0 bridgehead atoms. The first-order chi connectivity index (χ1) is 19.6. The quantitative estimate of drug-likeness (QED) is 0.265. The van der Waals surface area contributed by atoms with Crippen LogP contribution in [0, 0.1) is 12.7 Å². The number of nitrogens with two attached hydrogens (primary N) is 1. The van der Waals surface area contributed by atoms with Crippen molar-refractivity contribution in [3.05, 3.63) is 59.8 Å². The van der Waals surface area contributed by atoms with Crippen LogP contribution < -0.4 is 20.5 Å². The monoisotopic (exact) mass is 577 g/mol. The maximum absolute atomic E-state index is 15.0. The third-order valence-electron chi connectivity index (χ3n) is 6.03. The Labute approximate surface area is 236 Å². The smallest absolute Gasteiger partial charge is 0.412 e. The van der Waals surface area contributed by atoms with Gasteiger partial charge in [0.05, 0.1) is 36.2 Å². The normalized spacial score (nSPS) is 12.6. The van der Waals surface area contributed by atoms with Gasteiger partial charge in [0.15, 0.2) is 5.82 Å². The second-order valence-electron chi connectivity index (χ2n) is 9.07. The third-order valence-corrected chi connectivity index (χ3v) is 7.03. The second-order valence-corrected chi connectivity index (χ2v) is 10.0. The summed E-state index contributed by atoms with van der Waals surface area (Å²) in [6.45, 7) is 5.15. The summed E-state index contributed by atoms with van der Waals surface area (Å²) >= 11 is 1.26. The van der Waals surface area contributed by atoms with Gasteiger partial charge in [-0.3, -0.25) is 10.1 Å². The molecule has 0 spiro atoms. The Bertz CT molecular complexity index is 1780. The van der Waals surface area contributed by atoms with Crippen molar-refractivity contribution in [2.24, 2.45) is 5.73 Å². The molecular formula is C27H24FN7O5S. The van der Waals surface area contributed by atoms with Crippen LogP contribution in [0.15, 0.2) is 42.7 Å². The van der Waals surface area contributed by atoms with Crippen molar-refractivity contribution in [2.45, 2.75) is 33.0 Å². The molecule has 0 aliphatic heterocycles. The Hall–Kier alpha value is -4.98. The Morgan fingerprint density at radius 3 is 2.54 bits per heavy atom. The van der Waals surface area contributed by atoms with E-state index in [0.29, 0.717) is 38.0 Å². The van der Waals surface area contributed by atoms with Crippen LogP contribution in [0.1, 0.15) is 29.9 Å². The number of amides is 2. The third kappa shape index (κ3) is 5.96. The summed E-state index contributed by atoms with van der Waals surface area (Å²) in [5.41, 5.74) is 8.83. The first-order valence-electron chi connectivity index (χ1n) is 12.3. The molecule has 12 nitrogen and oxygen atoms in total. The van der Waals surface area contributed by atoms with Gasteiger partial charge in [0.1, 0.15) is 33.3 Å². The zero-order chi connectivity index (χ0) is 29.3. The number of thiazole rings is 1. The fraction of sp³-hybridized carbons (Fsp3) is 0.222. The van der Waals surface area contributed by atoms with Crippen molar-refractivity contribution in [3.8, 4) is 22.3 Å². The number of ether oxygens (including phenoxy) is 3. The summed E-state index contributed by atoms with van der Waals surface area (Å²) in [6, 6.07) is 7.91. The SMILES string of the molecule is COc1cnc2c(-c3nc4cc(F)c(O[C@@H](C)[C@@H](C)OC(=O)Nc5ccc(C(N)=O)nc5)nc4s3)cc(C)cc2n1. The predicted octanol–water partition coefficient (Wildman–Crippen LogP) is 4.66. The Balaban J connectivity index is 1.31. The highest BCUT2D eigenvalue weighted by Crippen LogP contribution is 2.35. The molecule has 41 heavy (non-hydrogen) atoms. The highest BCUT2D eigenvalue weighted by atomic mass is 32.1. The number of methoxy groups -OCH3 is 1. The van der Waals surface area contributed by atoms with Gasteiger partial charge in [-0.1, -0.05) is 11.3 Å². The molecule has 0 aliphatic carbocycles. The molecular weight excluding hydrogens is 553 g/mol. The van der Waals surface area contributed by atoms with Crippen molar-refractivity contribution in [2.75, 3.05) is 12.4 Å². The van der Waals surface area contributed by atoms with E-state index < -0.39 is 30.0 Å². The maximum Gasteiger partial charge on any atom is 0.412 e. The summed E-state index contributed by atoms with van der Waals surface area (Å²) in [5, 5.41) is 3.08. The minimum atomic E-state index is -0.788. The van der Waals surface area contributed by atoms with Crippen molar-refractivity contribution in [1.29, 1.82) is 0 Å². The van der Waals surface area contributed by atoms with Crippen LogP contribution in [0.2, 0.25) is 0 Å². The minimum Gasteiger partial charge on any atom is -0.480 e. The molecule has 2 amide bonds. The molecule has 0 radical (unpaired) electrons. The lowest BCUT2D eigenvalue weighted by atomic mass is 10.1. The number of anilines is 1. The lowest BCUT2D eigenvalue weighted by Crippen LogP contribution is -2.33. The molecule has 0 unspecified atom stereocenters. The van der Waals surface area contributed by atoms with Gasteiger partial charge >= 0.3 is 6.09 Å². The fourth-order valence-electron chi connectivity index (χ4n) is 3.83. The number of pyridine rings is 2. The molecule has 14 heteroatoms. The molecule has 5 aromatic rings. The van der Waals surface area contributed by atoms with Gasteiger partial charge in [0.2, 0.25) is 5.88 Å². The lowest BCUT2D eigenvalue weighted by Gasteiger charge is -2.21. The zero-order valence-electron chi connectivity index (χ0n) is 22.3. The van der Waals surface area contributed by atoms with Gasteiger partial charge < -0.3 is 19.9 Å². The van der Waals surface area contributed by atoms with E-state index in [0.717, 1.165) is 11.1 Å². The van der Waals surface area contributed by atoms with Crippen molar-refractivity contribution >= 4 is 50.4 Å². The average Bonchev–Trinajstić information content (AvgIpc) is 3.34. The molecule has 0 saturated heterocycles. The Morgan fingerprint density at radius 2 is 1.83 bits per heavy atom. The Kier molecular flexibility index (Phi) is 7.57. The van der Waals surface area contributed by atoms with E-state index in [-0.39, 0.29) is 11.6 Å². The summed E-state index contributed by atoms with van der Waals surface area (Å²) in [5.74, 6) is -1.26. The van der Waals surface area contributed by atoms with E-state index in [1.54, 1.807) is 13.8 Å². The van der Waals surface area contributed by atoms with Gasteiger partial charge in [-0.2, -0.15) is 4.98 Å². The molecule has 4 aromatic heterocycles. The standard InChI is InChI=1S/C27H24FN7O5S/c1-12-7-16(22-19(8-12)33-21(38-4)11-31-22)25-34-20-9-17(28)24(35-26(20)41-25)39-13(2)14(3)40-27(37)32-15-5-6-18(23(29)36)30-10-15/h5-11,13-14H,1-4H3,(H2,29,36)(H,32,37)/t13-,14+/m0/s1. The number of primary amides is 1. The molecule has 0 saturated carbocycles. The molecule has 1 aromatic carbocycles. The topological polar surface area (TPSA) is 164 Å². The van der Waals surface area contributed by atoms with Crippen molar-refractivity contribution < 1.29 is 28.2 Å². The summed E-state index contributed by atoms with van der Waals surface area (Å²) < 4.78 is 31.2. The van der Waals surface area contributed by atoms with Gasteiger partial charge in [0.25, 0.3) is 11.8 Å². The summed E-state index contributed by atoms with van der Waals surface area (Å²) in [6.07, 6.45) is 0.473. The highest BCUT2D eigenvalue weighted by Gasteiger charge is 2.23. The maximum atomic E-state index is 15.0.